The Morgan fingerprint density at radius 2 is 2.05 bits per heavy atom. The van der Waals surface area contributed by atoms with Crippen LogP contribution < -0.4 is 0 Å². The van der Waals surface area contributed by atoms with E-state index in [4.69, 9.17) is 9.15 Å². The van der Waals surface area contributed by atoms with Gasteiger partial charge in [0.05, 0.1) is 25.6 Å². The van der Waals surface area contributed by atoms with E-state index in [2.05, 4.69) is 0 Å². The first kappa shape index (κ1) is 14.2. The molecule has 0 aliphatic rings. The maximum absolute atomic E-state index is 9.84. The minimum absolute atomic E-state index is 0.346. The van der Waals surface area contributed by atoms with Gasteiger partial charge in [-0.2, -0.15) is 0 Å². The highest BCUT2D eigenvalue weighted by atomic mass is 32.2. The molecule has 1 aromatic heterocycles. The molecule has 1 N–H and O–H groups in total. The fourth-order valence-electron chi connectivity index (χ4n) is 1.64. The van der Waals surface area contributed by atoms with Gasteiger partial charge >= 0.3 is 0 Å². The summed E-state index contributed by atoms with van der Waals surface area (Å²) < 4.78 is 10.7. The molecule has 3 nitrogen and oxygen atoms in total. The van der Waals surface area contributed by atoms with Gasteiger partial charge in [-0.25, -0.2) is 0 Å². The smallest absolute Gasteiger partial charge is 0.114 e. The summed E-state index contributed by atoms with van der Waals surface area (Å²) in [6, 6.07) is 11.9. The Hall–Kier alpha value is -1.23. The lowest BCUT2D eigenvalue weighted by molar-refractivity contribution is 0.0398. The Morgan fingerprint density at radius 3 is 2.74 bits per heavy atom. The number of aliphatic hydroxyl groups is 1. The first-order chi connectivity index (χ1) is 9.25. The molecule has 1 heterocycles. The number of benzene rings is 1. The van der Waals surface area contributed by atoms with Crippen molar-refractivity contribution in [3.63, 3.8) is 0 Å². The molecular weight excluding hydrogens is 260 g/mol. The van der Waals surface area contributed by atoms with Crippen LogP contribution in [0, 0.1) is 6.92 Å². The molecule has 0 aliphatic carbocycles. The molecule has 0 spiro atoms. The topological polar surface area (TPSA) is 42.6 Å². The highest BCUT2D eigenvalue weighted by Crippen LogP contribution is 2.23. The number of aliphatic hydroxyl groups excluding tert-OH is 1. The van der Waals surface area contributed by atoms with E-state index in [-0.39, 0.29) is 0 Å². The lowest BCUT2D eigenvalue weighted by Crippen LogP contribution is -2.17. The second-order valence-electron chi connectivity index (χ2n) is 4.31. The maximum Gasteiger partial charge on any atom is 0.114 e. The van der Waals surface area contributed by atoms with Crippen LogP contribution in [0.15, 0.2) is 52.0 Å². The third-order valence-electron chi connectivity index (χ3n) is 2.66. The third kappa shape index (κ3) is 4.74. The zero-order valence-corrected chi connectivity index (χ0v) is 11.7. The Bertz CT molecular complexity index is 481. The van der Waals surface area contributed by atoms with Gasteiger partial charge in [-0.3, -0.25) is 0 Å². The number of hydrogen-bond donors (Lipinski definition) is 1. The van der Waals surface area contributed by atoms with Crippen LogP contribution >= 0.6 is 11.8 Å². The number of aryl methyl sites for hydroxylation is 1. The quantitative estimate of drug-likeness (QED) is 0.789. The van der Waals surface area contributed by atoms with Crippen molar-refractivity contribution in [1.82, 2.24) is 0 Å². The minimum atomic E-state index is -0.469. The van der Waals surface area contributed by atoms with Gasteiger partial charge in [0.15, 0.2) is 0 Å². The number of furan rings is 1. The molecule has 1 unspecified atom stereocenters. The molecule has 0 saturated heterocycles. The van der Waals surface area contributed by atoms with Gasteiger partial charge in [0.25, 0.3) is 0 Å². The monoisotopic (exact) mass is 278 g/mol. The molecule has 102 valence electrons. The molecule has 1 atom stereocenters. The molecule has 0 aliphatic heterocycles. The lowest BCUT2D eigenvalue weighted by atomic mass is 10.2. The van der Waals surface area contributed by atoms with Crippen LogP contribution in [0.25, 0.3) is 0 Å². The van der Waals surface area contributed by atoms with E-state index in [1.165, 1.54) is 0 Å². The van der Waals surface area contributed by atoms with Crippen molar-refractivity contribution in [2.24, 2.45) is 0 Å². The standard InChI is InChI=1S/C15H18O3S/c1-12-15(7-8-18-12)19-11-14(16)10-17-9-13-5-3-2-4-6-13/h2-8,14,16H,9-11H2,1H3. The Kier molecular flexibility index (Phi) is 5.51. The molecule has 2 aromatic rings. The average Bonchev–Trinajstić information content (AvgIpc) is 2.83. The number of ether oxygens (including phenoxy) is 1. The molecular formula is C15H18O3S. The summed E-state index contributed by atoms with van der Waals surface area (Å²) in [5.41, 5.74) is 1.12. The van der Waals surface area contributed by atoms with Crippen molar-refractivity contribution < 1.29 is 14.3 Å². The number of rotatable bonds is 7. The van der Waals surface area contributed by atoms with Gasteiger partial charge in [0.1, 0.15) is 5.76 Å². The molecule has 0 fully saturated rings. The fraction of sp³-hybridized carbons (Fsp3) is 0.333. The van der Waals surface area contributed by atoms with Crippen molar-refractivity contribution in [2.75, 3.05) is 12.4 Å². The highest BCUT2D eigenvalue weighted by molar-refractivity contribution is 7.99. The summed E-state index contributed by atoms with van der Waals surface area (Å²) in [6.45, 7) is 2.80. The van der Waals surface area contributed by atoms with Gasteiger partial charge in [-0.15, -0.1) is 11.8 Å². The third-order valence-corrected chi connectivity index (χ3v) is 3.95. The maximum atomic E-state index is 9.84. The molecule has 19 heavy (non-hydrogen) atoms. The van der Waals surface area contributed by atoms with E-state index in [0.29, 0.717) is 19.0 Å². The van der Waals surface area contributed by atoms with E-state index in [9.17, 15) is 5.11 Å². The molecule has 0 bridgehead atoms. The normalized spacial score (nSPS) is 12.5. The van der Waals surface area contributed by atoms with Gasteiger partial charge < -0.3 is 14.3 Å². The van der Waals surface area contributed by atoms with Crippen molar-refractivity contribution in [2.45, 2.75) is 24.5 Å². The first-order valence-electron chi connectivity index (χ1n) is 6.22. The van der Waals surface area contributed by atoms with Gasteiger partial charge in [0.2, 0.25) is 0 Å². The van der Waals surface area contributed by atoms with Crippen LogP contribution in [0.4, 0.5) is 0 Å². The first-order valence-corrected chi connectivity index (χ1v) is 7.21. The Balaban J connectivity index is 1.65. The molecule has 4 heteroatoms. The van der Waals surface area contributed by atoms with Crippen molar-refractivity contribution in [3.8, 4) is 0 Å². The number of hydrogen-bond acceptors (Lipinski definition) is 4. The Morgan fingerprint density at radius 1 is 1.26 bits per heavy atom. The van der Waals surface area contributed by atoms with Gasteiger partial charge in [-0.05, 0) is 18.6 Å². The predicted molar refractivity (Wildman–Crippen MR) is 76.3 cm³/mol. The van der Waals surface area contributed by atoms with Crippen LogP contribution in [0.1, 0.15) is 11.3 Å². The van der Waals surface area contributed by atoms with Crippen LogP contribution in [0.5, 0.6) is 0 Å². The molecule has 1 aromatic carbocycles. The van der Waals surface area contributed by atoms with E-state index in [0.717, 1.165) is 16.2 Å². The van der Waals surface area contributed by atoms with Crippen LogP contribution in [-0.4, -0.2) is 23.6 Å². The second kappa shape index (κ2) is 7.38. The molecule has 0 amide bonds. The van der Waals surface area contributed by atoms with Crippen molar-refractivity contribution >= 4 is 11.8 Å². The van der Waals surface area contributed by atoms with Crippen molar-refractivity contribution in [1.29, 1.82) is 0 Å². The van der Waals surface area contributed by atoms with Crippen LogP contribution in [-0.2, 0) is 11.3 Å². The summed E-state index contributed by atoms with van der Waals surface area (Å²) in [7, 11) is 0. The largest absolute Gasteiger partial charge is 0.468 e. The summed E-state index contributed by atoms with van der Waals surface area (Å²) in [5, 5.41) is 9.84. The average molecular weight is 278 g/mol. The fourth-order valence-corrected chi connectivity index (χ4v) is 2.52. The number of thioether (sulfide) groups is 1. The molecule has 0 radical (unpaired) electrons. The van der Waals surface area contributed by atoms with Crippen molar-refractivity contribution in [3.05, 3.63) is 54.0 Å². The van der Waals surface area contributed by atoms with E-state index in [1.54, 1.807) is 18.0 Å². The summed E-state index contributed by atoms with van der Waals surface area (Å²) >= 11 is 1.58. The van der Waals surface area contributed by atoms with Crippen LogP contribution in [0.3, 0.4) is 0 Å². The van der Waals surface area contributed by atoms with E-state index in [1.807, 2.05) is 43.3 Å². The summed E-state index contributed by atoms with van der Waals surface area (Å²) in [4.78, 5) is 1.07. The minimum Gasteiger partial charge on any atom is -0.468 e. The zero-order valence-electron chi connectivity index (χ0n) is 10.9. The van der Waals surface area contributed by atoms with Crippen LogP contribution in [0.2, 0.25) is 0 Å². The lowest BCUT2D eigenvalue weighted by Gasteiger charge is -2.10. The SMILES string of the molecule is Cc1occc1SCC(O)COCc1ccccc1. The highest BCUT2D eigenvalue weighted by Gasteiger charge is 2.08. The van der Waals surface area contributed by atoms with Gasteiger partial charge in [-0.1, -0.05) is 30.3 Å². The Labute approximate surface area is 117 Å². The van der Waals surface area contributed by atoms with E-state index < -0.39 is 6.10 Å². The van der Waals surface area contributed by atoms with E-state index >= 15 is 0 Å². The second-order valence-corrected chi connectivity index (χ2v) is 5.37. The summed E-state index contributed by atoms with van der Waals surface area (Å²) in [5.74, 6) is 1.50. The van der Waals surface area contributed by atoms with Gasteiger partial charge in [0, 0.05) is 10.6 Å². The summed E-state index contributed by atoms with van der Waals surface area (Å²) in [6.07, 6.45) is 1.19. The zero-order chi connectivity index (χ0) is 13.5. The predicted octanol–water partition coefficient (Wildman–Crippen LogP) is 3.26. The molecule has 0 saturated carbocycles. The molecule has 2 rings (SSSR count).